The van der Waals surface area contributed by atoms with Gasteiger partial charge >= 0.3 is 5.97 Å². The van der Waals surface area contributed by atoms with E-state index >= 15 is 0 Å². The number of methoxy groups -OCH3 is 2. The minimum absolute atomic E-state index is 0.336. The molecule has 0 N–H and O–H groups in total. The first-order chi connectivity index (χ1) is 10.6. The summed E-state index contributed by atoms with van der Waals surface area (Å²) in [7, 11) is 2.99. The van der Waals surface area contributed by atoms with Gasteiger partial charge in [-0.1, -0.05) is 18.2 Å². The Kier molecular flexibility index (Phi) is 8.50. The van der Waals surface area contributed by atoms with Gasteiger partial charge in [-0.15, -0.1) is 0 Å². The van der Waals surface area contributed by atoms with E-state index in [9.17, 15) is 4.79 Å². The average Bonchev–Trinajstić information content (AvgIpc) is 3.32. The van der Waals surface area contributed by atoms with Gasteiger partial charge in [0.15, 0.2) is 6.29 Å². The van der Waals surface area contributed by atoms with Crippen LogP contribution in [0.25, 0.3) is 0 Å². The van der Waals surface area contributed by atoms with Gasteiger partial charge in [-0.3, -0.25) is 4.79 Å². The summed E-state index contributed by atoms with van der Waals surface area (Å²) in [6.07, 6.45) is -0.517. The highest BCUT2D eigenvalue weighted by Crippen LogP contribution is 2.13. The Morgan fingerprint density at radius 3 is 2.32 bits per heavy atom. The first-order valence-electron chi connectivity index (χ1n) is 7.09. The van der Waals surface area contributed by atoms with E-state index in [0.29, 0.717) is 12.7 Å². The fraction of sp³-hybridized carbons (Fsp3) is 0.562. The molecule has 0 radical (unpaired) electrons. The summed E-state index contributed by atoms with van der Waals surface area (Å²) in [6.45, 7) is 4.59. The maximum atomic E-state index is 10.5. The second-order valence-corrected chi connectivity index (χ2v) is 4.73. The zero-order valence-corrected chi connectivity index (χ0v) is 13.5. The van der Waals surface area contributed by atoms with E-state index in [2.05, 4.69) is 0 Å². The molecule has 1 saturated heterocycles. The number of hydrogen-bond acceptors (Lipinski definition) is 6. The van der Waals surface area contributed by atoms with Crippen LogP contribution in [0.2, 0.25) is 0 Å². The van der Waals surface area contributed by atoms with Crippen molar-refractivity contribution in [1.29, 1.82) is 0 Å². The van der Waals surface area contributed by atoms with E-state index in [-0.39, 0.29) is 12.1 Å². The third-order valence-corrected chi connectivity index (χ3v) is 2.78. The number of para-hydroxylation sites is 1. The lowest BCUT2D eigenvalue weighted by atomic mass is 10.3. The van der Waals surface area contributed by atoms with Crippen molar-refractivity contribution in [3.8, 4) is 5.75 Å². The summed E-state index contributed by atoms with van der Waals surface area (Å²) in [5, 5.41) is 0. The Balaban J connectivity index is 0.000000220. The van der Waals surface area contributed by atoms with Crippen LogP contribution in [0.3, 0.4) is 0 Å². The number of ether oxygens (including phenoxy) is 5. The number of rotatable bonds is 7. The monoisotopic (exact) mass is 312 g/mol. The smallest absolute Gasteiger partial charge is 0.303 e. The number of benzene rings is 1. The molecule has 6 heteroatoms. The molecule has 0 amide bonds. The molecule has 0 aliphatic carbocycles. The largest absolute Gasteiger partial charge is 0.491 e. The van der Waals surface area contributed by atoms with Crippen molar-refractivity contribution in [2.24, 2.45) is 0 Å². The van der Waals surface area contributed by atoms with Crippen LogP contribution in [0.1, 0.15) is 13.8 Å². The van der Waals surface area contributed by atoms with Crippen LogP contribution in [-0.2, 0) is 23.7 Å². The van der Waals surface area contributed by atoms with Crippen molar-refractivity contribution >= 4 is 5.97 Å². The summed E-state index contributed by atoms with van der Waals surface area (Å²) in [4.78, 5) is 10.5. The van der Waals surface area contributed by atoms with Gasteiger partial charge in [-0.25, -0.2) is 0 Å². The molecule has 2 atom stereocenters. The molecule has 1 aliphatic heterocycles. The van der Waals surface area contributed by atoms with Gasteiger partial charge in [0, 0.05) is 21.1 Å². The van der Waals surface area contributed by atoms with Crippen LogP contribution in [0.4, 0.5) is 0 Å². The average molecular weight is 312 g/mol. The molecule has 22 heavy (non-hydrogen) atoms. The molecular weight excluding hydrogens is 288 g/mol. The molecule has 0 bridgehead atoms. The Labute approximate surface area is 131 Å². The van der Waals surface area contributed by atoms with Gasteiger partial charge in [0.2, 0.25) is 0 Å². The summed E-state index contributed by atoms with van der Waals surface area (Å²) >= 11 is 0. The van der Waals surface area contributed by atoms with Crippen LogP contribution in [-0.4, -0.2) is 51.9 Å². The molecule has 2 rings (SSSR count). The van der Waals surface area contributed by atoms with Gasteiger partial charge < -0.3 is 23.7 Å². The van der Waals surface area contributed by atoms with Crippen LogP contribution < -0.4 is 4.74 Å². The number of carbonyl (C=O) groups is 1. The molecule has 0 aromatic heterocycles. The maximum Gasteiger partial charge on any atom is 0.303 e. The zero-order valence-electron chi connectivity index (χ0n) is 13.5. The normalized spacial score (nSPS) is 17.2. The molecule has 124 valence electrons. The van der Waals surface area contributed by atoms with Crippen LogP contribution in [0, 0.1) is 0 Å². The first-order valence-corrected chi connectivity index (χ1v) is 7.09. The Morgan fingerprint density at radius 1 is 1.27 bits per heavy atom. The van der Waals surface area contributed by atoms with Crippen LogP contribution in [0.5, 0.6) is 5.75 Å². The predicted octanol–water partition coefficient (Wildman–Crippen LogP) is 2.02. The Hall–Kier alpha value is -1.63. The molecule has 1 aromatic rings. The highest BCUT2D eigenvalue weighted by Gasteiger charge is 2.22. The molecule has 1 heterocycles. The standard InChI is InChI=1S/C9H10O2.C7H14O4/c1-2-4-8(5-3-1)10-6-9-7-11-9;1-5(11-6(2)8)7(9-3)10-4/h1-5,9H,6-7H2;5,7H,1-4H3. The SMILES string of the molecule is COC(OC)C(C)OC(C)=O.c1ccc(OCC2CO2)cc1. The van der Waals surface area contributed by atoms with E-state index in [0.717, 1.165) is 12.4 Å². The summed E-state index contributed by atoms with van der Waals surface area (Å²) in [5.74, 6) is 0.583. The molecule has 2 unspecified atom stereocenters. The quantitative estimate of drug-likeness (QED) is 0.436. The second-order valence-electron chi connectivity index (χ2n) is 4.73. The first kappa shape index (κ1) is 18.4. The van der Waals surface area contributed by atoms with E-state index in [1.54, 1.807) is 6.92 Å². The van der Waals surface area contributed by atoms with Crippen molar-refractivity contribution < 1.29 is 28.5 Å². The summed E-state index contributed by atoms with van der Waals surface area (Å²) in [6, 6.07) is 9.79. The van der Waals surface area contributed by atoms with Crippen molar-refractivity contribution in [3.05, 3.63) is 30.3 Å². The highest BCUT2D eigenvalue weighted by molar-refractivity contribution is 5.66. The summed E-state index contributed by atoms with van der Waals surface area (Å²) in [5.41, 5.74) is 0. The third kappa shape index (κ3) is 7.97. The lowest BCUT2D eigenvalue weighted by Crippen LogP contribution is -2.31. The number of epoxide rings is 1. The minimum atomic E-state index is -0.487. The van der Waals surface area contributed by atoms with Gasteiger partial charge in [-0.05, 0) is 19.1 Å². The molecule has 0 saturated carbocycles. The third-order valence-electron chi connectivity index (χ3n) is 2.78. The molecule has 1 aromatic carbocycles. The lowest BCUT2D eigenvalue weighted by molar-refractivity contribution is -0.186. The molecule has 1 fully saturated rings. The fourth-order valence-corrected chi connectivity index (χ4v) is 1.67. The number of carbonyl (C=O) groups excluding carboxylic acids is 1. The predicted molar refractivity (Wildman–Crippen MR) is 80.7 cm³/mol. The van der Waals surface area contributed by atoms with Crippen molar-refractivity contribution in [2.45, 2.75) is 32.3 Å². The van der Waals surface area contributed by atoms with Gasteiger partial charge in [0.25, 0.3) is 0 Å². The van der Waals surface area contributed by atoms with E-state index in [4.69, 9.17) is 23.7 Å². The maximum absolute atomic E-state index is 10.5. The molecule has 0 spiro atoms. The van der Waals surface area contributed by atoms with E-state index < -0.39 is 6.29 Å². The zero-order chi connectivity index (χ0) is 16.4. The highest BCUT2D eigenvalue weighted by atomic mass is 16.7. The Bertz CT molecular complexity index is 414. The van der Waals surface area contributed by atoms with Crippen molar-refractivity contribution in [2.75, 3.05) is 27.4 Å². The van der Waals surface area contributed by atoms with Crippen LogP contribution in [0.15, 0.2) is 30.3 Å². The number of esters is 1. The van der Waals surface area contributed by atoms with E-state index in [1.807, 2.05) is 30.3 Å². The van der Waals surface area contributed by atoms with Crippen molar-refractivity contribution in [3.63, 3.8) is 0 Å². The second kappa shape index (κ2) is 10.2. The minimum Gasteiger partial charge on any atom is -0.491 e. The Morgan fingerprint density at radius 2 is 1.86 bits per heavy atom. The molecule has 1 aliphatic rings. The van der Waals surface area contributed by atoms with Gasteiger partial charge in [-0.2, -0.15) is 0 Å². The van der Waals surface area contributed by atoms with Gasteiger partial charge in [0.05, 0.1) is 6.61 Å². The molecule has 6 nitrogen and oxygen atoms in total. The summed E-state index contributed by atoms with van der Waals surface area (Å²) < 4.78 is 24.9. The van der Waals surface area contributed by atoms with Crippen LogP contribution >= 0.6 is 0 Å². The fourth-order valence-electron chi connectivity index (χ4n) is 1.67. The van der Waals surface area contributed by atoms with Gasteiger partial charge in [0.1, 0.15) is 24.6 Å². The topological polar surface area (TPSA) is 66.5 Å². The molecular formula is C16H24O6. The van der Waals surface area contributed by atoms with E-state index in [1.165, 1.54) is 21.1 Å². The lowest BCUT2D eigenvalue weighted by Gasteiger charge is -2.20. The number of hydrogen-bond donors (Lipinski definition) is 0. The van der Waals surface area contributed by atoms with Crippen molar-refractivity contribution in [1.82, 2.24) is 0 Å².